The topological polar surface area (TPSA) is 55.9 Å². The summed E-state index contributed by atoms with van der Waals surface area (Å²) in [6, 6.07) is 8.35. The molecule has 0 spiro atoms. The maximum absolute atomic E-state index is 5.69. The molecule has 0 aliphatic heterocycles. The van der Waals surface area contributed by atoms with Gasteiger partial charge in [0.15, 0.2) is 0 Å². The Balaban J connectivity index is 2.23. The van der Waals surface area contributed by atoms with E-state index >= 15 is 0 Å². The predicted molar refractivity (Wildman–Crippen MR) is 80.8 cm³/mol. The molecule has 1 aromatic carbocycles. The maximum atomic E-state index is 5.69. The van der Waals surface area contributed by atoms with Gasteiger partial charge in [0.1, 0.15) is 5.82 Å². The van der Waals surface area contributed by atoms with Crippen LogP contribution in [0.5, 0.6) is 0 Å². The highest BCUT2D eigenvalue weighted by Gasteiger charge is 2.15. The van der Waals surface area contributed by atoms with E-state index in [1.54, 1.807) is 0 Å². The molecular formula is C13H17IN4. The quantitative estimate of drug-likeness (QED) is 0.491. The van der Waals surface area contributed by atoms with Crippen LogP contribution in [0.3, 0.4) is 0 Å². The first-order valence-corrected chi connectivity index (χ1v) is 7.04. The molecule has 18 heavy (non-hydrogen) atoms. The standard InChI is InChI=1S/C13H17IN4/c1-2-18-8-7-16-13(18)9-12(17-15)10-5-3-4-6-11(10)14/h3-8,12,17H,2,9,15H2,1H3. The molecule has 4 nitrogen and oxygen atoms in total. The number of nitrogens with two attached hydrogens (primary N) is 1. The van der Waals surface area contributed by atoms with E-state index in [1.807, 2.05) is 24.5 Å². The molecule has 0 radical (unpaired) electrons. The molecule has 0 aliphatic rings. The molecular weight excluding hydrogens is 339 g/mol. The van der Waals surface area contributed by atoms with Gasteiger partial charge in [-0.2, -0.15) is 0 Å². The van der Waals surface area contributed by atoms with Gasteiger partial charge in [-0.25, -0.2) is 4.98 Å². The van der Waals surface area contributed by atoms with Gasteiger partial charge < -0.3 is 4.57 Å². The average Bonchev–Trinajstić information content (AvgIpc) is 2.84. The van der Waals surface area contributed by atoms with Crippen LogP contribution in [0.25, 0.3) is 0 Å². The van der Waals surface area contributed by atoms with Crippen LogP contribution in [-0.2, 0) is 13.0 Å². The Morgan fingerprint density at radius 2 is 2.22 bits per heavy atom. The smallest absolute Gasteiger partial charge is 0.110 e. The minimum absolute atomic E-state index is 0.0887. The molecule has 0 amide bonds. The first-order chi connectivity index (χ1) is 8.76. The van der Waals surface area contributed by atoms with E-state index in [1.165, 1.54) is 9.13 Å². The van der Waals surface area contributed by atoms with Crippen LogP contribution in [0.2, 0.25) is 0 Å². The Morgan fingerprint density at radius 3 is 2.89 bits per heavy atom. The van der Waals surface area contributed by atoms with Crippen molar-refractivity contribution in [3.05, 3.63) is 51.6 Å². The lowest BCUT2D eigenvalue weighted by Gasteiger charge is -2.18. The lowest BCUT2D eigenvalue weighted by molar-refractivity contribution is 0.521. The molecule has 1 heterocycles. The summed E-state index contributed by atoms with van der Waals surface area (Å²) < 4.78 is 3.35. The SMILES string of the molecule is CCn1ccnc1CC(NN)c1ccccc1I. The van der Waals surface area contributed by atoms with Gasteiger partial charge in [-0.1, -0.05) is 18.2 Å². The van der Waals surface area contributed by atoms with E-state index in [9.17, 15) is 0 Å². The number of imidazole rings is 1. The molecule has 0 saturated carbocycles. The minimum Gasteiger partial charge on any atom is -0.335 e. The second kappa shape index (κ2) is 6.31. The number of halogens is 1. The zero-order valence-electron chi connectivity index (χ0n) is 10.3. The highest BCUT2D eigenvalue weighted by atomic mass is 127. The first kappa shape index (κ1) is 13.5. The minimum atomic E-state index is 0.0887. The predicted octanol–water partition coefficient (Wildman–Crippen LogP) is 2.25. The lowest BCUT2D eigenvalue weighted by atomic mass is 10.0. The first-order valence-electron chi connectivity index (χ1n) is 5.96. The molecule has 2 rings (SSSR count). The highest BCUT2D eigenvalue weighted by molar-refractivity contribution is 14.1. The maximum Gasteiger partial charge on any atom is 0.110 e. The molecule has 1 atom stereocenters. The van der Waals surface area contributed by atoms with Crippen LogP contribution >= 0.6 is 22.6 Å². The van der Waals surface area contributed by atoms with Crippen molar-refractivity contribution in [1.82, 2.24) is 15.0 Å². The van der Waals surface area contributed by atoms with Gasteiger partial charge in [0.2, 0.25) is 0 Å². The number of hydrazine groups is 1. The van der Waals surface area contributed by atoms with E-state index in [4.69, 9.17) is 5.84 Å². The third-order valence-electron chi connectivity index (χ3n) is 3.01. The summed E-state index contributed by atoms with van der Waals surface area (Å²) in [5.41, 5.74) is 4.10. The monoisotopic (exact) mass is 356 g/mol. The Bertz CT molecular complexity index is 509. The van der Waals surface area contributed by atoms with Gasteiger partial charge in [-0.3, -0.25) is 11.3 Å². The molecule has 3 N–H and O–H groups in total. The van der Waals surface area contributed by atoms with Crippen molar-refractivity contribution >= 4 is 22.6 Å². The zero-order chi connectivity index (χ0) is 13.0. The second-order valence-electron chi connectivity index (χ2n) is 4.07. The van der Waals surface area contributed by atoms with Crippen molar-refractivity contribution in [1.29, 1.82) is 0 Å². The summed E-state index contributed by atoms with van der Waals surface area (Å²) in [4.78, 5) is 4.39. The van der Waals surface area contributed by atoms with Crippen molar-refractivity contribution in [2.45, 2.75) is 25.9 Å². The lowest BCUT2D eigenvalue weighted by Crippen LogP contribution is -2.31. The number of hydrogen-bond donors (Lipinski definition) is 2. The van der Waals surface area contributed by atoms with Gasteiger partial charge in [0.25, 0.3) is 0 Å². The van der Waals surface area contributed by atoms with Crippen molar-refractivity contribution in [3.63, 3.8) is 0 Å². The summed E-state index contributed by atoms with van der Waals surface area (Å²) in [5, 5.41) is 0. The number of nitrogens with zero attached hydrogens (tertiary/aromatic N) is 2. The zero-order valence-corrected chi connectivity index (χ0v) is 12.5. The summed E-state index contributed by atoms with van der Waals surface area (Å²) in [7, 11) is 0. The van der Waals surface area contributed by atoms with Gasteiger partial charge in [-0.15, -0.1) is 0 Å². The number of rotatable bonds is 5. The fraction of sp³-hybridized carbons (Fsp3) is 0.308. The third kappa shape index (κ3) is 2.90. The van der Waals surface area contributed by atoms with E-state index in [0.29, 0.717) is 0 Å². The van der Waals surface area contributed by atoms with Gasteiger partial charge in [0.05, 0.1) is 6.04 Å². The molecule has 1 aromatic heterocycles. The van der Waals surface area contributed by atoms with Crippen molar-refractivity contribution < 1.29 is 0 Å². The van der Waals surface area contributed by atoms with Gasteiger partial charge in [-0.05, 0) is 41.1 Å². The Labute approximate surface area is 121 Å². The summed E-state index contributed by atoms with van der Waals surface area (Å²) in [5.74, 6) is 6.75. The fourth-order valence-corrected chi connectivity index (χ4v) is 2.78. The highest BCUT2D eigenvalue weighted by Crippen LogP contribution is 2.22. The van der Waals surface area contributed by atoms with E-state index in [2.05, 4.69) is 56.6 Å². The van der Waals surface area contributed by atoms with Crippen molar-refractivity contribution in [3.8, 4) is 0 Å². The van der Waals surface area contributed by atoms with Crippen LogP contribution in [-0.4, -0.2) is 9.55 Å². The fourth-order valence-electron chi connectivity index (χ4n) is 2.02. The Morgan fingerprint density at radius 1 is 1.44 bits per heavy atom. The normalized spacial score (nSPS) is 12.6. The van der Waals surface area contributed by atoms with Crippen LogP contribution in [0.4, 0.5) is 0 Å². The van der Waals surface area contributed by atoms with Gasteiger partial charge in [0, 0.05) is 28.9 Å². The molecule has 0 aliphatic carbocycles. The number of aryl methyl sites for hydroxylation is 1. The molecule has 1 unspecified atom stereocenters. The largest absolute Gasteiger partial charge is 0.335 e. The molecule has 0 saturated heterocycles. The second-order valence-corrected chi connectivity index (χ2v) is 5.24. The van der Waals surface area contributed by atoms with E-state index in [0.717, 1.165) is 18.8 Å². The Kier molecular flexibility index (Phi) is 4.73. The van der Waals surface area contributed by atoms with Crippen LogP contribution < -0.4 is 11.3 Å². The summed E-state index contributed by atoms with van der Waals surface area (Å²) in [6.45, 7) is 3.04. The number of benzene rings is 1. The average molecular weight is 356 g/mol. The van der Waals surface area contributed by atoms with Crippen molar-refractivity contribution in [2.75, 3.05) is 0 Å². The Hall–Kier alpha value is -0.920. The summed E-state index contributed by atoms with van der Waals surface area (Å²) >= 11 is 2.34. The van der Waals surface area contributed by atoms with Crippen LogP contribution in [0.15, 0.2) is 36.7 Å². The van der Waals surface area contributed by atoms with Crippen LogP contribution in [0.1, 0.15) is 24.4 Å². The number of aromatic nitrogens is 2. The number of hydrogen-bond acceptors (Lipinski definition) is 3. The van der Waals surface area contributed by atoms with Crippen molar-refractivity contribution in [2.24, 2.45) is 5.84 Å². The molecule has 96 valence electrons. The van der Waals surface area contributed by atoms with E-state index in [-0.39, 0.29) is 6.04 Å². The molecule has 0 fully saturated rings. The number of nitrogens with one attached hydrogen (secondary N) is 1. The third-order valence-corrected chi connectivity index (χ3v) is 3.99. The van der Waals surface area contributed by atoms with Crippen LogP contribution in [0, 0.1) is 3.57 Å². The summed E-state index contributed by atoms with van der Waals surface area (Å²) in [6.07, 6.45) is 4.62. The molecule has 5 heteroatoms. The molecule has 0 bridgehead atoms. The van der Waals surface area contributed by atoms with Gasteiger partial charge >= 0.3 is 0 Å². The van der Waals surface area contributed by atoms with E-state index < -0.39 is 0 Å². The molecule has 2 aromatic rings.